The summed E-state index contributed by atoms with van der Waals surface area (Å²) in [4.78, 5) is 7.12. The van der Waals surface area contributed by atoms with E-state index in [1.807, 2.05) is 0 Å². The Kier molecular flexibility index (Phi) is 15.1. The molecule has 0 bridgehead atoms. The van der Waals surface area contributed by atoms with Gasteiger partial charge >= 0.3 is 0 Å². The van der Waals surface area contributed by atoms with Crippen LogP contribution in [0.3, 0.4) is 0 Å². The van der Waals surface area contributed by atoms with Gasteiger partial charge in [0.05, 0.1) is 33.0 Å². The third-order valence-electron chi connectivity index (χ3n) is 4.49. The van der Waals surface area contributed by atoms with Crippen LogP contribution in [-0.4, -0.2) is 77.2 Å². The smallest absolute Gasteiger partial charge is 0.191 e. The number of guanidine groups is 1. The van der Waals surface area contributed by atoms with E-state index in [0.717, 1.165) is 64.9 Å². The van der Waals surface area contributed by atoms with E-state index in [2.05, 4.69) is 51.7 Å². The minimum Gasteiger partial charge on any atom is -0.382 e. The maximum atomic E-state index is 5.48. The predicted molar refractivity (Wildman–Crippen MR) is 128 cm³/mol. The first-order valence-corrected chi connectivity index (χ1v) is 10.3. The van der Waals surface area contributed by atoms with Gasteiger partial charge < -0.3 is 24.8 Å². The van der Waals surface area contributed by atoms with Crippen LogP contribution in [0.5, 0.6) is 0 Å². The molecule has 0 atom stereocenters. The number of hydrogen-bond donors (Lipinski definition) is 2. The maximum absolute atomic E-state index is 5.48. The first-order valence-electron chi connectivity index (χ1n) is 10.3. The lowest BCUT2D eigenvalue weighted by Crippen LogP contribution is -2.38. The molecule has 2 rings (SSSR count). The van der Waals surface area contributed by atoms with Gasteiger partial charge in [0.15, 0.2) is 5.96 Å². The van der Waals surface area contributed by atoms with Crippen molar-refractivity contribution in [3.63, 3.8) is 0 Å². The summed E-state index contributed by atoms with van der Waals surface area (Å²) in [6.45, 7) is 11.1. The van der Waals surface area contributed by atoms with E-state index in [0.29, 0.717) is 19.8 Å². The Balaban J connectivity index is 0.00000420. The average molecular weight is 520 g/mol. The monoisotopic (exact) mass is 520 g/mol. The molecule has 0 spiro atoms. The molecule has 1 aliphatic heterocycles. The molecular weight excluding hydrogens is 483 g/mol. The third kappa shape index (κ3) is 11.7. The minimum absolute atomic E-state index is 0. The third-order valence-corrected chi connectivity index (χ3v) is 4.49. The molecule has 0 unspecified atom stereocenters. The highest BCUT2D eigenvalue weighted by molar-refractivity contribution is 14.0. The summed E-state index contributed by atoms with van der Waals surface area (Å²) < 4.78 is 15.8. The van der Waals surface area contributed by atoms with Gasteiger partial charge in [0, 0.05) is 46.4 Å². The lowest BCUT2D eigenvalue weighted by Gasteiger charge is -2.26. The molecule has 166 valence electrons. The second-order valence-electron chi connectivity index (χ2n) is 6.79. The Morgan fingerprint density at radius 2 is 1.79 bits per heavy atom. The van der Waals surface area contributed by atoms with Crippen molar-refractivity contribution in [1.29, 1.82) is 0 Å². The van der Waals surface area contributed by atoms with E-state index < -0.39 is 0 Å². The summed E-state index contributed by atoms with van der Waals surface area (Å²) in [5, 5.41) is 6.65. The molecule has 0 aliphatic carbocycles. The van der Waals surface area contributed by atoms with E-state index in [1.165, 1.54) is 11.1 Å². The topological polar surface area (TPSA) is 67.4 Å². The molecule has 0 saturated carbocycles. The van der Waals surface area contributed by atoms with E-state index in [4.69, 9.17) is 14.2 Å². The van der Waals surface area contributed by atoms with Crippen molar-refractivity contribution >= 4 is 29.9 Å². The van der Waals surface area contributed by atoms with Crippen molar-refractivity contribution in [2.24, 2.45) is 4.99 Å². The number of aliphatic imine (C=N–C) groups is 1. The Morgan fingerprint density at radius 3 is 2.48 bits per heavy atom. The summed E-state index contributed by atoms with van der Waals surface area (Å²) in [7, 11) is 1.68. The highest BCUT2D eigenvalue weighted by Gasteiger charge is 2.10. The maximum Gasteiger partial charge on any atom is 0.191 e. The zero-order valence-corrected chi connectivity index (χ0v) is 20.2. The lowest BCUT2D eigenvalue weighted by molar-refractivity contribution is 0.0342. The van der Waals surface area contributed by atoms with Crippen molar-refractivity contribution in [3.05, 3.63) is 35.4 Å². The number of morpholine rings is 1. The van der Waals surface area contributed by atoms with Gasteiger partial charge in [-0.15, -0.1) is 24.0 Å². The summed E-state index contributed by atoms with van der Waals surface area (Å²) in [6, 6.07) is 8.76. The van der Waals surface area contributed by atoms with Gasteiger partial charge in [-0.1, -0.05) is 24.3 Å². The van der Waals surface area contributed by atoms with Gasteiger partial charge in [-0.2, -0.15) is 0 Å². The van der Waals surface area contributed by atoms with Gasteiger partial charge in [-0.3, -0.25) is 4.90 Å². The van der Waals surface area contributed by atoms with Crippen LogP contribution < -0.4 is 10.6 Å². The molecule has 1 heterocycles. The Hall–Kier alpha value is -0.940. The molecule has 1 fully saturated rings. The molecule has 1 aliphatic rings. The summed E-state index contributed by atoms with van der Waals surface area (Å²) >= 11 is 0. The van der Waals surface area contributed by atoms with Crippen molar-refractivity contribution in [2.75, 3.05) is 66.3 Å². The molecule has 0 amide bonds. The number of hydrogen-bond acceptors (Lipinski definition) is 5. The van der Waals surface area contributed by atoms with Crippen molar-refractivity contribution < 1.29 is 14.2 Å². The molecular formula is C21H37IN4O3. The summed E-state index contributed by atoms with van der Waals surface area (Å²) in [5.41, 5.74) is 2.55. The van der Waals surface area contributed by atoms with Crippen LogP contribution in [0, 0.1) is 0 Å². The molecule has 7 nitrogen and oxygen atoms in total. The van der Waals surface area contributed by atoms with E-state index in [9.17, 15) is 0 Å². The molecule has 1 aromatic rings. The van der Waals surface area contributed by atoms with Crippen LogP contribution in [0.25, 0.3) is 0 Å². The van der Waals surface area contributed by atoms with Gasteiger partial charge in [-0.25, -0.2) is 4.99 Å². The molecule has 8 heteroatoms. The fraction of sp³-hybridized carbons (Fsp3) is 0.667. The fourth-order valence-corrected chi connectivity index (χ4v) is 2.90. The van der Waals surface area contributed by atoms with Gasteiger partial charge in [0.1, 0.15) is 0 Å². The van der Waals surface area contributed by atoms with E-state index in [1.54, 1.807) is 7.11 Å². The van der Waals surface area contributed by atoms with Gasteiger partial charge in [0.25, 0.3) is 0 Å². The van der Waals surface area contributed by atoms with Crippen LogP contribution in [-0.2, 0) is 27.3 Å². The molecule has 1 saturated heterocycles. The molecule has 0 aromatic heterocycles. The number of nitrogens with zero attached hydrogens (tertiary/aromatic N) is 2. The zero-order valence-electron chi connectivity index (χ0n) is 17.8. The standard InChI is InChI=1S/C21H36N4O3.HI/c1-3-22-21(23-9-4-12-27-16-15-26-2)24-17-19-5-7-20(8-6-19)18-25-10-13-28-14-11-25;/h5-8H,3-4,9-18H2,1-2H3,(H2,22,23,24);1H. The van der Waals surface area contributed by atoms with Crippen LogP contribution in [0.4, 0.5) is 0 Å². The number of benzene rings is 1. The fourth-order valence-electron chi connectivity index (χ4n) is 2.90. The second-order valence-corrected chi connectivity index (χ2v) is 6.79. The largest absolute Gasteiger partial charge is 0.382 e. The highest BCUT2D eigenvalue weighted by Crippen LogP contribution is 2.10. The predicted octanol–water partition coefficient (Wildman–Crippen LogP) is 2.25. The molecule has 0 radical (unpaired) electrons. The number of ether oxygens (including phenoxy) is 3. The van der Waals surface area contributed by atoms with Gasteiger partial charge in [0.2, 0.25) is 0 Å². The van der Waals surface area contributed by atoms with Crippen LogP contribution in [0.2, 0.25) is 0 Å². The van der Waals surface area contributed by atoms with Crippen molar-refractivity contribution in [1.82, 2.24) is 15.5 Å². The quantitative estimate of drug-likeness (QED) is 0.191. The SMILES string of the molecule is CCNC(=NCc1ccc(CN2CCOCC2)cc1)NCCCOCCOC.I. The number of nitrogens with one attached hydrogen (secondary N) is 2. The van der Waals surface area contributed by atoms with E-state index >= 15 is 0 Å². The van der Waals surface area contributed by atoms with Crippen LogP contribution in [0.1, 0.15) is 24.5 Å². The zero-order chi connectivity index (χ0) is 19.9. The highest BCUT2D eigenvalue weighted by atomic mass is 127. The van der Waals surface area contributed by atoms with Crippen LogP contribution >= 0.6 is 24.0 Å². The van der Waals surface area contributed by atoms with Crippen LogP contribution in [0.15, 0.2) is 29.3 Å². The normalized spacial score (nSPS) is 15.0. The number of halogens is 1. The van der Waals surface area contributed by atoms with Crippen molar-refractivity contribution in [2.45, 2.75) is 26.4 Å². The minimum atomic E-state index is 0. The Morgan fingerprint density at radius 1 is 1.07 bits per heavy atom. The van der Waals surface area contributed by atoms with E-state index in [-0.39, 0.29) is 24.0 Å². The number of methoxy groups -OCH3 is 1. The van der Waals surface area contributed by atoms with Gasteiger partial charge in [-0.05, 0) is 24.5 Å². The summed E-state index contributed by atoms with van der Waals surface area (Å²) in [5.74, 6) is 0.844. The lowest BCUT2D eigenvalue weighted by atomic mass is 10.1. The molecule has 29 heavy (non-hydrogen) atoms. The molecule has 1 aromatic carbocycles. The Bertz CT molecular complexity index is 551. The molecule has 2 N–H and O–H groups in total. The first-order chi connectivity index (χ1) is 13.8. The average Bonchev–Trinajstić information content (AvgIpc) is 2.73. The number of rotatable bonds is 12. The second kappa shape index (κ2) is 16.8. The van der Waals surface area contributed by atoms with Crippen molar-refractivity contribution in [3.8, 4) is 0 Å². The summed E-state index contributed by atoms with van der Waals surface area (Å²) in [6.07, 6.45) is 0.935. The Labute approximate surface area is 192 Å². The first kappa shape index (κ1) is 26.1.